The molecule has 1 heterocycles. The van der Waals surface area contributed by atoms with Gasteiger partial charge in [-0.25, -0.2) is 15.4 Å². The maximum atomic E-state index is 12.5. The van der Waals surface area contributed by atoms with Crippen LogP contribution in [-0.4, -0.2) is 33.5 Å². The van der Waals surface area contributed by atoms with Gasteiger partial charge in [-0.05, 0) is 49.8 Å². The van der Waals surface area contributed by atoms with E-state index in [9.17, 15) is 9.59 Å². The summed E-state index contributed by atoms with van der Waals surface area (Å²) in [6.45, 7) is 2.67. The number of allylic oxidation sites excluding steroid dienone is 3. The van der Waals surface area contributed by atoms with E-state index in [2.05, 4.69) is 52.6 Å². The number of carbonyl (C=O) groups excluding carboxylic acids is 2. The van der Waals surface area contributed by atoms with Crippen molar-refractivity contribution >= 4 is 23.5 Å². The van der Waals surface area contributed by atoms with E-state index < -0.39 is 0 Å². The first-order chi connectivity index (χ1) is 16.6. The Morgan fingerprint density at radius 1 is 1.06 bits per heavy atom. The number of rotatable bonds is 12. The highest BCUT2D eigenvalue weighted by molar-refractivity contribution is 5.93. The van der Waals surface area contributed by atoms with Crippen LogP contribution in [0.25, 0.3) is 0 Å². The van der Waals surface area contributed by atoms with Gasteiger partial charge in [0.15, 0.2) is 0 Å². The minimum atomic E-state index is -0.371. The summed E-state index contributed by atoms with van der Waals surface area (Å²) in [4.78, 5) is 34.6. The molecule has 180 valence electrons. The number of aromatic nitrogens is 2. The first-order valence-corrected chi connectivity index (χ1v) is 11.9. The molecule has 3 rings (SSSR count). The van der Waals surface area contributed by atoms with E-state index in [0.29, 0.717) is 30.9 Å². The second-order valence-electron chi connectivity index (χ2n) is 8.15. The highest BCUT2D eigenvalue weighted by atomic mass is 16.5. The van der Waals surface area contributed by atoms with Crippen LogP contribution in [0, 0.1) is 0 Å². The molecule has 2 aromatic rings. The summed E-state index contributed by atoms with van der Waals surface area (Å²) in [7, 11) is 0. The highest BCUT2D eigenvalue weighted by Crippen LogP contribution is 2.32. The SMILES string of the molecule is CCc1ccccc1N(C1=CCCC=C1)c1ncc(C(=O)NCCCCCCC(=O)NO)cn1. The van der Waals surface area contributed by atoms with Crippen molar-refractivity contribution in [2.75, 3.05) is 11.4 Å². The summed E-state index contributed by atoms with van der Waals surface area (Å²) in [5, 5.41) is 11.4. The number of para-hydroxylation sites is 1. The average molecular weight is 464 g/mol. The van der Waals surface area contributed by atoms with Crippen LogP contribution in [0.3, 0.4) is 0 Å². The van der Waals surface area contributed by atoms with E-state index in [1.165, 1.54) is 5.56 Å². The Labute approximate surface area is 200 Å². The van der Waals surface area contributed by atoms with Crippen molar-refractivity contribution in [2.45, 2.75) is 58.3 Å². The molecule has 1 aliphatic carbocycles. The Kier molecular flexibility index (Phi) is 9.79. The van der Waals surface area contributed by atoms with E-state index in [1.807, 2.05) is 17.0 Å². The first-order valence-electron chi connectivity index (χ1n) is 11.9. The normalized spacial score (nSPS) is 12.7. The van der Waals surface area contributed by atoms with Crippen molar-refractivity contribution in [3.63, 3.8) is 0 Å². The van der Waals surface area contributed by atoms with E-state index in [4.69, 9.17) is 5.21 Å². The molecule has 3 N–H and O–H groups in total. The lowest BCUT2D eigenvalue weighted by molar-refractivity contribution is -0.129. The zero-order valence-electron chi connectivity index (χ0n) is 19.7. The summed E-state index contributed by atoms with van der Waals surface area (Å²) in [5.41, 5.74) is 5.31. The molecule has 0 saturated heterocycles. The first kappa shape index (κ1) is 25.1. The van der Waals surface area contributed by atoms with E-state index in [0.717, 1.165) is 49.9 Å². The number of nitrogens with one attached hydrogen (secondary N) is 2. The Balaban J connectivity index is 1.61. The molecule has 0 spiro atoms. The maximum Gasteiger partial charge on any atom is 0.254 e. The zero-order chi connectivity index (χ0) is 24.2. The quantitative estimate of drug-likeness (QED) is 0.241. The third kappa shape index (κ3) is 6.99. The van der Waals surface area contributed by atoms with Gasteiger partial charge in [0.25, 0.3) is 5.91 Å². The molecule has 0 unspecified atom stereocenters. The third-order valence-electron chi connectivity index (χ3n) is 5.69. The van der Waals surface area contributed by atoms with Gasteiger partial charge in [0.1, 0.15) is 0 Å². The fourth-order valence-electron chi connectivity index (χ4n) is 3.83. The lowest BCUT2D eigenvalue weighted by Gasteiger charge is -2.27. The Bertz CT molecular complexity index is 1020. The van der Waals surface area contributed by atoms with E-state index in [-0.39, 0.29) is 11.8 Å². The van der Waals surface area contributed by atoms with Gasteiger partial charge in [-0.15, -0.1) is 0 Å². The number of unbranched alkanes of at least 4 members (excludes halogenated alkanes) is 3. The predicted molar refractivity (Wildman–Crippen MR) is 132 cm³/mol. The van der Waals surface area contributed by atoms with Gasteiger partial charge in [-0.2, -0.15) is 0 Å². The lowest BCUT2D eigenvalue weighted by Crippen LogP contribution is -2.25. The van der Waals surface area contributed by atoms with Gasteiger partial charge in [0.05, 0.1) is 11.3 Å². The van der Waals surface area contributed by atoms with Crippen LogP contribution in [0.4, 0.5) is 11.6 Å². The number of carbonyl (C=O) groups is 2. The second kappa shape index (κ2) is 13.3. The molecule has 0 radical (unpaired) electrons. The molecule has 0 bridgehead atoms. The molecule has 8 nitrogen and oxygen atoms in total. The minimum absolute atomic E-state index is 0.205. The van der Waals surface area contributed by atoms with Crippen LogP contribution in [-0.2, 0) is 11.2 Å². The van der Waals surface area contributed by atoms with Crippen molar-refractivity contribution in [1.82, 2.24) is 20.8 Å². The molecule has 8 heteroatoms. The molecule has 0 fully saturated rings. The predicted octanol–water partition coefficient (Wildman–Crippen LogP) is 4.60. The number of benzene rings is 1. The summed E-state index contributed by atoms with van der Waals surface area (Å²) in [5.74, 6) is -0.0463. The Morgan fingerprint density at radius 3 is 2.53 bits per heavy atom. The number of hydrogen-bond donors (Lipinski definition) is 3. The fraction of sp³-hybridized carbons (Fsp3) is 0.385. The van der Waals surface area contributed by atoms with Gasteiger partial charge in [-0.3, -0.25) is 19.7 Å². The van der Waals surface area contributed by atoms with Crippen LogP contribution in [0.1, 0.15) is 67.8 Å². The minimum Gasteiger partial charge on any atom is -0.352 e. The van der Waals surface area contributed by atoms with Crippen LogP contribution in [0.15, 0.2) is 60.6 Å². The van der Waals surface area contributed by atoms with Crippen molar-refractivity contribution in [3.05, 3.63) is 71.7 Å². The van der Waals surface area contributed by atoms with Crippen molar-refractivity contribution in [2.24, 2.45) is 0 Å². The van der Waals surface area contributed by atoms with Crippen molar-refractivity contribution < 1.29 is 14.8 Å². The van der Waals surface area contributed by atoms with E-state index in [1.54, 1.807) is 17.9 Å². The highest BCUT2D eigenvalue weighted by Gasteiger charge is 2.19. The summed E-state index contributed by atoms with van der Waals surface area (Å²) < 4.78 is 0. The zero-order valence-corrected chi connectivity index (χ0v) is 19.7. The topological polar surface area (TPSA) is 107 Å². The van der Waals surface area contributed by atoms with Crippen LogP contribution < -0.4 is 15.7 Å². The van der Waals surface area contributed by atoms with E-state index >= 15 is 0 Å². The van der Waals surface area contributed by atoms with Gasteiger partial charge < -0.3 is 5.32 Å². The molecule has 0 atom stereocenters. The van der Waals surface area contributed by atoms with Crippen molar-refractivity contribution in [1.29, 1.82) is 0 Å². The average Bonchev–Trinajstić information content (AvgIpc) is 2.89. The van der Waals surface area contributed by atoms with Gasteiger partial charge in [-0.1, -0.05) is 50.1 Å². The van der Waals surface area contributed by atoms with Gasteiger partial charge in [0, 0.05) is 31.1 Å². The molecule has 1 aromatic heterocycles. The molecule has 2 amide bonds. The maximum absolute atomic E-state index is 12.5. The lowest BCUT2D eigenvalue weighted by atomic mass is 10.1. The number of aryl methyl sites for hydroxylation is 1. The Morgan fingerprint density at radius 2 is 1.82 bits per heavy atom. The summed E-state index contributed by atoms with van der Waals surface area (Å²) in [6, 6.07) is 8.23. The molecule has 1 aromatic carbocycles. The second-order valence-corrected chi connectivity index (χ2v) is 8.15. The summed E-state index contributed by atoms with van der Waals surface area (Å²) >= 11 is 0. The van der Waals surface area contributed by atoms with Crippen LogP contribution in [0.5, 0.6) is 0 Å². The number of anilines is 2. The monoisotopic (exact) mass is 463 g/mol. The van der Waals surface area contributed by atoms with Gasteiger partial charge in [0.2, 0.25) is 11.9 Å². The van der Waals surface area contributed by atoms with Crippen LogP contribution >= 0.6 is 0 Å². The molecular formula is C26H33N5O3. The molecule has 1 aliphatic rings. The number of hydroxylamine groups is 1. The Hall–Kier alpha value is -3.52. The number of nitrogens with zero attached hydrogens (tertiary/aromatic N) is 3. The molecular weight excluding hydrogens is 430 g/mol. The number of amides is 2. The molecule has 0 aliphatic heterocycles. The van der Waals surface area contributed by atoms with Crippen molar-refractivity contribution in [3.8, 4) is 0 Å². The fourth-order valence-corrected chi connectivity index (χ4v) is 3.83. The molecule has 34 heavy (non-hydrogen) atoms. The standard InChI is InChI=1S/C26H33N5O3/c1-2-20-12-9-10-15-23(20)31(22-13-6-5-7-14-22)26-28-18-21(19-29-26)25(33)27-17-11-4-3-8-16-24(32)30-34/h6,9-10,12-15,18-19,34H,2-5,7-8,11,16-17H2,1H3,(H,27,33)(H,30,32). The smallest absolute Gasteiger partial charge is 0.254 e. The molecule has 0 saturated carbocycles. The number of hydrogen-bond acceptors (Lipinski definition) is 6. The largest absolute Gasteiger partial charge is 0.352 e. The third-order valence-corrected chi connectivity index (χ3v) is 5.69. The summed E-state index contributed by atoms with van der Waals surface area (Å²) in [6.07, 6.45) is 16.0. The van der Waals surface area contributed by atoms with Gasteiger partial charge >= 0.3 is 0 Å². The van der Waals surface area contributed by atoms with Crippen LogP contribution in [0.2, 0.25) is 0 Å².